The molecule has 1 aliphatic heterocycles. The molecule has 0 aliphatic carbocycles. The molecule has 0 unspecified atom stereocenters. The molecule has 2 heterocycles. The molecule has 0 fully saturated rings. The molecule has 0 saturated carbocycles. The SMILES string of the molecule is Cc1ccc(NC(=O)c2ccc(=O)n(CCC(=O)N3CCc4ccccc43)n2)cc1C. The highest BCUT2D eigenvalue weighted by atomic mass is 16.2. The number of anilines is 2. The van der Waals surface area contributed by atoms with E-state index in [4.69, 9.17) is 0 Å². The summed E-state index contributed by atoms with van der Waals surface area (Å²) < 4.78 is 1.18. The van der Waals surface area contributed by atoms with Crippen LogP contribution >= 0.6 is 0 Å². The third kappa shape index (κ3) is 4.40. The van der Waals surface area contributed by atoms with Crippen LogP contribution in [0.25, 0.3) is 0 Å². The summed E-state index contributed by atoms with van der Waals surface area (Å²) in [7, 11) is 0. The molecular weight excluding hydrogens is 392 g/mol. The molecule has 0 radical (unpaired) electrons. The molecule has 158 valence electrons. The fourth-order valence-corrected chi connectivity index (χ4v) is 3.68. The van der Waals surface area contributed by atoms with Crippen molar-refractivity contribution in [1.82, 2.24) is 9.78 Å². The Kier molecular flexibility index (Phi) is 5.66. The van der Waals surface area contributed by atoms with Crippen molar-refractivity contribution in [3.05, 3.63) is 87.3 Å². The van der Waals surface area contributed by atoms with Gasteiger partial charge in [-0.3, -0.25) is 14.4 Å². The van der Waals surface area contributed by atoms with Crippen molar-refractivity contribution in [1.29, 1.82) is 0 Å². The number of hydrogen-bond donors (Lipinski definition) is 1. The zero-order valence-electron chi connectivity index (χ0n) is 17.6. The lowest BCUT2D eigenvalue weighted by atomic mass is 10.1. The molecule has 1 aliphatic rings. The van der Waals surface area contributed by atoms with E-state index >= 15 is 0 Å². The molecular formula is C24H24N4O3. The number of fused-ring (bicyclic) bond motifs is 1. The molecule has 4 rings (SSSR count). The fourth-order valence-electron chi connectivity index (χ4n) is 3.68. The minimum Gasteiger partial charge on any atom is -0.321 e. The van der Waals surface area contributed by atoms with Gasteiger partial charge in [0.1, 0.15) is 5.69 Å². The third-order valence-electron chi connectivity index (χ3n) is 5.59. The summed E-state index contributed by atoms with van der Waals surface area (Å²) in [5, 5.41) is 6.97. The van der Waals surface area contributed by atoms with E-state index in [0.717, 1.165) is 28.8 Å². The first-order valence-electron chi connectivity index (χ1n) is 10.3. The quantitative estimate of drug-likeness (QED) is 0.693. The average molecular weight is 416 g/mol. The Morgan fingerprint density at radius 2 is 1.84 bits per heavy atom. The van der Waals surface area contributed by atoms with Gasteiger partial charge >= 0.3 is 0 Å². The van der Waals surface area contributed by atoms with Gasteiger partial charge in [0.2, 0.25) is 5.91 Å². The summed E-state index contributed by atoms with van der Waals surface area (Å²) in [5.74, 6) is -0.472. The van der Waals surface area contributed by atoms with Crippen LogP contribution in [0.1, 0.15) is 33.6 Å². The Morgan fingerprint density at radius 3 is 2.65 bits per heavy atom. The highest BCUT2D eigenvalue weighted by Gasteiger charge is 2.24. The number of para-hydroxylation sites is 1. The van der Waals surface area contributed by atoms with Crippen molar-refractivity contribution in [2.45, 2.75) is 33.2 Å². The van der Waals surface area contributed by atoms with Crippen LogP contribution in [0.3, 0.4) is 0 Å². The first kappa shape index (κ1) is 20.5. The number of nitrogens with zero attached hydrogens (tertiary/aromatic N) is 3. The van der Waals surface area contributed by atoms with Crippen molar-refractivity contribution in [2.24, 2.45) is 0 Å². The molecule has 1 aromatic heterocycles. The van der Waals surface area contributed by atoms with E-state index in [-0.39, 0.29) is 30.1 Å². The largest absolute Gasteiger partial charge is 0.321 e. The number of carbonyl (C=O) groups is 2. The molecule has 1 N–H and O–H groups in total. The van der Waals surface area contributed by atoms with Gasteiger partial charge < -0.3 is 10.2 Å². The number of aryl methyl sites for hydroxylation is 3. The molecule has 3 aromatic rings. The van der Waals surface area contributed by atoms with Crippen LogP contribution in [0.4, 0.5) is 11.4 Å². The Hall–Kier alpha value is -3.74. The van der Waals surface area contributed by atoms with Crippen molar-refractivity contribution in [2.75, 3.05) is 16.8 Å². The van der Waals surface area contributed by atoms with Crippen LogP contribution in [0.2, 0.25) is 0 Å². The zero-order chi connectivity index (χ0) is 22.0. The van der Waals surface area contributed by atoms with Gasteiger partial charge in [-0.15, -0.1) is 0 Å². The topological polar surface area (TPSA) is 84.3 Å². The second-order valence-electron chi connectivity index (χ2n) is 7.71. The second kappa shape index (κ2) is 8.55. The summed E-state index contributed by atoms with van der Waals surface area (Å²) in [4.78, 5) is 39.3. The van der Waals surface area contributed by atoms with E-state index in [1.807, 2.05) is 56.3 Å². The smallest absolute Gasteiger partial charge is 0.276 e. The summed E-state index contributed by atoms with van der Waals surface area (Å²) in [5.41, 5.74) is 4.71. The number of rotatable bonds is 5. The van der Waals surface area contributed by atoms with Crippen LogP contribution in [0, 0.1) is 13.8 Å². The van der Waals surface area contributed by atoms with Crippen LogP contribution < -0.4 is 15.8 Å². The van der Waals surface area contributed by atoms with Gasteiger partial charge in [-0.2, -0.15) is 5.10 Å². The standard InChI is InChI=1S/C24H24N4O3/c1-16-7-8-19(15-17(16)2)25-24(31)20-9-10-23(30)28(26-20)14-12-22(29)27-13-11-18-5-3-4-6-21(18)27/h3-10,15H,11-14H2,1-2H3,(H,25,31). The number of carbonyl (C=O) groups excluding carboxylic acids is 2. The van der Waals surface area contributed by atoms with E-state index < -0.39 is 5.91 Å². The van der Waals surface area contributed by atoms with Crippen molar-refractivity contribution >= 4 is 23.2 Å². The van der Waals surface area contributed by atoms with E-state index in [9.17, 15) is 14.4 Å². The molecule has 7 heteroatoms. The van der Waals surface area contributed by atoms with Gasteiger partial charge in [0.25, 0.3) is 11.5 Å². The fraction of sp³-hybridized carbons (Fsp3) is 0.250. The molecule has 0 saturated heterocycles. The Labute approximate surface area is 180 Å². The highest BCUT2D eigenvalue weighted by molar-refractivity contribution is 6.02. The number of hydrogen-bond acceptors (Lipinski definition) is 4. The molecule has 2 aromatic carbocycles. The van der Waals surface area contributed by atoms with Crippen LogP contribution in [-0.4, -0.2) is 28.1 Å². The van der Waals surface area contributed by atoms with Gasteiger partial charge in [0, 0.05) is 30.4 Å². The summed E-state index contributed by atoms with van der Waals surface area (Å²) >= 11 is 0. The first-order chi connectivity index (χ1) is 14.9. The molecule has 0 bridgehead atoms. The maximum Gasteiger partial charge on any atom is 0.276 e. The van der Waals surface area contributed by atoms with E-state index in [1.165, 1.54) is 16.8 Å². The monoisotopic (exact) mass is 416 g/mol. The third-order valence-corrected chi connectivity index (χ3v) is 5.59. The minimum absolute atomic E-state index is 0.0661. The number of benzene rings is 2. The molecule has 0 atom stereocenters. The summed E-state index contributed by atoms with van der Waals surface area (Å²) in [6, 6.07) is 16.2. The van der Waals surface area contributed by atoms with Gasteiger partial charge in [-0.25, -0.2) is 4.68 Å². The Bertz CT molecular complexity index is 1220. The minimum atomic E-state index is -0.406. The van der Waals surface area contributed by atoms with E-state index in [2.05, 4.69) is 10.4 Å². The van der Waals surface area contributed by atoms with E-state index in [0.29, 0.717) is 12.2 Å². The number of aromatic nitrogens is 2. The average Bonchev–Trinajstić information content (AvgIpc) is 3.20. The Morgan fingerprint density at radius 1 is 1.03 bits per heavy atom. The zero-order valence-corrected chi connectivity index (χ0v) is 17.6. The molecule has 31 heavy (non-hydrogen) atoms. The maximum atomic E-state index is 12.7. The Balaban J connectivity index is 1.44. The highest BCUT2D eigenvalue weighted by Crippen LogP contribution is 2.27. The van der Waals surface area contributed by atoms with Crippen LogP contribution in [0.5, 0.6) is 0 Å². The molecule has 2 amide bonds. The lowest BCUT2D eigenvalue weighted by molar-refractivity contribution is -0.118. The van der Waals surface area contributed by atoms with Crippen molar-refractivity contribution in [3.63, 3.8) is 0 Å². The van der Waals surface area contributed by atoms with Gasteiger partial charge in [-0.05, 0) is 61.2 Å². The number of nitrogens with one attached hydrogen (secondary N) is 1. The molecule has 7 nitrogen and oxygen atoms in total. The van der Waals surface area contributed by atoms with E-state index in [1.54, 1.807) is 4.90 Å². The van der Waals surface area contributed by atoms with Gasteiger partial charge in [-0.1, -0.05) is 24.3 Å². The first-order valence-corrected chi connectivity index (χ1v) is 10.3. The maximum absolute atomic E-state index is 12.7. The lowest BCUT2D eigenvalue weighted by Gasteiger charge is -2.17. The van der Waals surface area contributed by atoms with Crippen molar-refractivity contribution < 1.29 is 9.59 Å². The lowest BCUT2D eigenvalue weighted by Crippen LogP contribution is -2.32. The number of amides is 2. The van der Waals surface area contributed by atoms with Crippen molar-refractivity contribution in [3.8, 4) is 0 Å². The van der Waals surface area contributed by atoms with Gasteiger partial charge in [0.15, 0.2) is 0 Å². The normalized spacial score (nSPS) is 12.5. The predicted molar refractivity (Wildman–Crippen MR) is 119 cm³/mol. The summed E-state index contributed by atoms with van der Waals surface area (Å²) in [6.07, 6.45) is 0.956. The molecule has 0 spiro atoms. The van der Waals surface area contributed by atoms with Gasteiger partial charge in [0.05, 0.1) is 6.54 Å². The second-order valence-corrected chi connectivity index (χ2v) is 7.71. The summed E-state index contributed by atoms with van der Waals surface area (Å²) in [6.45, 7) is 4.72. The van der Waals surface area contributed by atoms with Crippen LogP contribution in [0.15, 0.2) is 59.4 Å². The van der Waals surface area contributed by atoms with Crippen LogP contribution in [-0.2, 0) is 17.8 Å². The predicted octanol–water partition coefficient (Wildman–Crippen LogP) is 3.09.